The van der Waals surface area contributed by atoms with Crippen LogP contribution in [0.3, 0.4) is 0 Å². The van der Waals surface area contributed by atoms with Crippen LogP contribution in [0.25, 0.3) is 0 Å². The van der Waals surface area contributed by atoms with Crippen molar-refractivity contribution in [1.29, 1.82) is 0 Å². The van der Waals surface area contributed by atoms with Crippen LogP contribution in [0.1, 0.15) is 53.4 Å². The second kappa shape index (κ2) is 6.10. The zero-order valence-electron chi connectivity index (χ0n) is 12.7. The summed E-state index contributed by atoms with van der Waals surface area (Å²) in [6.07, 6.45) is 4.16. The number of hydrogen-bond acceptors (Lipinski definition) is 4. The molecule has 0 aromatic heterocycles. The molecular weight excluding hydrogens is 262 g/mol. The molecule has 0 bridgehead atoms. The molecule has 2 atom stereocenters. The monoisotopic (exact) mass is 291 g/mol. The summed E-state index contributed by atoms with van der Waals surface area (Å²) < 4.78 is 23.4. The molecule has 0 aromatic rings. The second-order valence-corrected chi connectivity index (χ2v) is 9.86. The van der Waals surface area contributed by atoms with Crippen molar-refractivity contribution in [2.24, 2.45) is 5.92 Å². The fourth-order valence-corrected chi connectivity index (χ4v) is 3.76. The molecule has 1 rings (SSSR count). The van der Waals surface area contributed by atoms with E-state index in [1.54, 1.807) is 20.8 Å². The number of aliphatic hydroxyl groups is 1. The molecule has 114 valence electrons. The molecule has 1 aliphatic rings. The van der Waals surface area contributed by atoms with E-state index in [1.165, 1.54) is 6.42 Å². The first-order chi connectivity index (χ1) is 8.62. The normalized spacial score (nSPS) is 29.4. The Morgan fingerprint density at radius 1 is 1.37 bits per heavy atom. The Bertz CT molecular complexity index is 386. The van der Waals surface area contributed by atoms with Gasteiger partial charge in [0.15, 0.2) is 9.84 Å². The standard InChI is InChI=1S/C14H29NO3S/c1-12-6-5-7-14(10-12,11-16)15-8-9-19(17,18)13(2,3)4/h12,15-16H,5-11H2,1-4H3. The molecule has 0 amide bonds. The summed E-state index contributed by atoms with van der Waals surface area (Å²) in [6.45, 7) is 7.89. The molecule has 1 fully saturated rings. The summed E-state index contributed by atoms with van der Waals surface area (Å²) in [6, 6.07) is 0. The Morgan fingerprint density at radius 3 is 2.47 bits per heavy atom. The molecule has 4 nitrogen and oxygen atoms in total. The maximum absolute atomic E-state index is 12.0. The van der Waals surface area contributed by atoms with Gasteiger partial charge in [0.05, 0.1) is 17.1 Å². The fourth-order valence-electron chi connectivity index (χ4n) is 2.78. The number of sulfone groups is 1. The van der Waals surface area contributed by atoms with E-state index >= 15 is 0 Å². The number of nitrogens with one attached hydrogen (secondary N) is 1. The van der Waals surface area contributed by atoms with E-state index in [-0.39, 0.29) is 17.9 Å². The summed E-state index contributed by atoms with van der Waals surface area (Å²) in [5.74, 6) is 0.722. The molecule has 1 aliphatic carbocycles. The van der Waals surface area contributed by atoms with Crippen LogP contribution in [-0.2, 0) is 9.84 Å². The summed E-state index contributed by atoms with van der Waals surface area (Å²) in [5, 5.41) is 13.0. The van der Waals surface area contributed by atoms with Crippen molar-refractivity contribution in [2.45, 2.75) is 63.7 Å². The van der Waals surface area contributed by atoms with Crippen molar-refractivity contribution >= 4 is 9.84 Å². The van der Waals surface area contributed by atoms with Crippen LogP contribution < -0.4 is 5.32 Å². The second-order valence-electron chi connectivity index (χ2n) is 7.00. The average molecular weight is 291 g/mol. The van der Waals surface area contributed by atoms with Gasteiger partial charge in [-0.05, 0) is 39.5 Å². The summed E-state index contributed by atoms with van der Waals surface area (Å²) in [5.41, 5.74) is -0.273. The summed E-state index contributed by atoms with van der Waals surface area (Å²) >= 11 is 0. The summed E-state index contributed by atoms with van der Waals surface area (Å²) in [7, 11) is -3.09. The Balaban J connectivity index is 2.56. The minimum absolute atomic E-state index is 0.0902. The minimum atomic E-state index is -3.09. The van der Waals surface area contributed by atoms with Crippen LogP contribution in [0.4, 0.5) is 0 Å². The third kappa shape index (κ3) is 4.43. The molecule has 0 heterocycles. The van der Waals surface area contributed by atoms with Crippen LogP contribution in [0.2, 0.25) is 0 Å². The first-order valence-corrected chi connectivity index (χ1v) is 8.85. The maximum Gasteiger partial charge on any atom is 0.156 e. The lowest BCUT2D eigenvalue weighted by Crippen LogP contribution is -2.53. The van der Waals surface area contributed by atoms with E-state index < -0.39 is 14.6 Å². The van der Waals surface area contributed by atoms with Crippen LogP contribution in [0.15, 0.2) is 0 Å². The molecule has 0 aliphatic heterocycles. The van der Waals surface area contributed by atoms with Gasteiger partial charge in [0.2, 0.25) is 0 Å². The molecular formula is C14H29NO3S. The van der Waals surface area contributed by atoms with Gasteiger partial charge in [0, 0.05) is 12.1 Å². The number of rotatable bonds is 5. The highest BCUT2D eigenvalue weighted by Gasteiger charge is 2.35. The Kier molecular flexibility index (Phi) is 5.43. The predicted molar refractivity (Wildman–Crippen MR) is 79.0 cm³/mol. The Hall–Kier alpha value is -0.130. The van der Waals surface area contributed by atoms with Crippen molar-refractivity contribution < 1.29 is 13.5 Å². The quantitative estimate of drug-likeness (QED) is 0.809. The smallest absolute Gasteiger partial charge is 0.156 e. The lowest BCUT2D eigenvalue weighted by Gasteiger charge is -2.39. The van der Waals surface area contributed by atoms with Crippen molar-refractivity contribution in [3.63, 3.8) is 0 Å². The molecule has 19 heavy (non-hydrogen) atoms. The Labute approximate surface area is 117 Å². The third-order valence-electron chi connectivity index (χ3n) is 4.20. The van der Waals surface area contributed by atoms with E-state index in [0.29, 0.717) is 12.5 Å². The average Bonchev–Trinajstić information content (AvgIpc) is 2.27. The molecule has 5 heteroatoms. The van der Waals surface area contributed by atoms with Gasteiger partial charge in [-0.2, -0.15) is 0 Å². The molecule has 0 aromatic carbocycles. The highest BCUT2D eigenvalue weighted by Crippen LogP contribution is 2.31. The minimum Gasteiger partial charge on any atom is -0.394 e. The van der Waals surface area contributed by atoms with Crippen LogP contribution in [0.5, 0.6) is 0 Å². The van der Waals surface area contributed by atoms with E-state index in [0.717, 1.165) is 19.3 Å². The van der Waals surface area contributed by atoms with E-state index in [2.05, 4.69) is 12.2 Å². The van der Waals surface area contributed by atoms with Gasteiger partial charge < -0.3 is 10.4 Å². The summed E-state index contributed by atoms with van der Waals surface area (Å²) in [4.78, 5) is 0. The van der Waals surface area contributed by atoms with Crippen molar-refractivity contribution in [3.8, 4) is 0 Å². The van der Waals surface area contributed by atoms with Gasteiger partial charge in [-0.15, -0.1) is 0 Å². The number of hydrogen-bond donors (Lipinski definition) is 2. The lowest BCUT2D eigenvalue weighted by atomic mass is 9.77. The molecule has 0 radical (unpaired) electrons. The lowest BCUT2D eigenvalue weighted by molar-refractivity contribution is 0.102. The first kappa shape index (κ1) is 16.9. The zero-order chi connectivity index (χ0) is 14.7. The molecule has 0 spiro atoms. The topological polar surface area (TPSA) is 66.4 Å². The van der Waals surface area contributed by atoms with Gasteiger partial charge in [-0.25, -0.2) is 8.42 Å². The predicted octanol–water partition coefficient (Wildman–Crippen LogP) is 1.73. The van der Waals surface area contributed by atoms with Gasteiger partial charge in [0.1, 0.15) is 0 Å². The zero-order valence-corrected chi connectivity index (χ0v) is 13.5. The SMILES string of the molecule is CC1CCCC(CO)(NCCS(=O)(=O)C(C)(C)C)C1. The van der Waals surface area contributed by atoms with Crippen molar-refractivity contribution in [3.05, 3.63) is 0 Å². The van der Waals surface area contributed by atoms with Crippen molar-refractivity contribution in [1.82, 2.24) is 5.32 Å². The number of aliphatic hydroxyl groups excluding tert-OH is 1. The Morgan fingerprint density at radius 2 is 2.00 bits per heavy atom. The molecule has 1 saturated carbocycles. The fraction of sp³-hybridized carbons (Fsp3) is 1.00. The van der Waals surface area contributed by atoms with E-state index in [4.69, 9.17) is 0 Å². The van der Waals surface area contributed by atoms with Gasteiger partial charge in [-0.1, -0.05) is 19.8 Å². The van der Waals surface area contributed by atoms with Gasteiger partial charge in [-0.3, -0.25) is 0 Å². The highest BCUT2D eigenvalue weighted by molar-refractivity contribution is 7.92. The van der Waals surface area contributed by atoms with Crippen molar-refractivity contribution in [2.75, 3.05) is 18.9 Å². The molecule has 2 unspecified atom stereocenters. The molecule has 2 N–H and O–H groups in total. The van der Waals surface area contributed by atoms with Crippen LogP contribution >= 0.6 is 0 Å². The largest absolute Gasteiger partial charge is 0.394 e. The van der Waals surface area contributed by atoms with Crippen LogP contribution in [0, 0.1) is 5.92 Å². The maximum atomic E-state index is 12.0. The molecule has 0 saturated heterocycles. The van der Waals surface area contributed by atoms with E-state index in [9.17, 15) is 13.5 Å². The first-order valence-electron chi connectivity index (χ1n) is 7.20. The van der Waals surface area contributed by atoms with Gasteiger partial charge in [0.25, 0.3) is 0 Å². The van der Waals surface area contributed by atoms with Crippen LogP contribution in [-0.4, -0.2) is 42.7 Å². The highest BCUT2D eigenvalue weighted by atomic mass is 32.2. The van der Waals surface area contributed by atoms with E-state index in [1.807, 2.05) is 0 Å². The third-order valence-corrected chi connectivity index (χ3v) is 6.81. The van der Waals surface area contributed by atoms with Gasteiger partial charge >= 0.3 is 0 Å².